The number of ether oxygens (including phenoxy) is 1. The molecule has 1 aromatic rings. The van der Waals surface area contributed by atoms with Gasteiger partial charge in [0, 0.05) is 18.4 Å². The third kappa shape index (κ3) is 2.06. The number of piperidine rings is 1. The van der Waals surface area contributed by atoms with E-state index in [-0.39, 0.29) is 0 Å². The molecular formula is C15H21NO. The summed E-state index contributed by atoms with van der Waals surface area (Å²) in [6.45, 7) is 6.90. The van der Waals surface area contributed by atoms with Crippen LogP contribution in [0.3, 0.4) is 0 Å². The Kier molecular flexibility index (Phi) is 3.06. The molecule has 0 aliphatic carbocycles. The second kappa shape index (κ2) is 4.69. The molecule has 0 radical (unpaired) electrons. The fourth-order valence-corrected chi connectivity index (χ4v) is 3.25. The highest BCUT2D eigenvalue weighted by Crippen LogP contribution is 2.41. The van der Waals surface area contributed by atoms with Crippen molar-refractivity contribution in [1.82, 2.24) is 4.90 Å². The molecule has 0 spiro atoms. The van der Waals surface area contributed by atoms with E-state index < -0.39 is 0 Å². The summed E-state index contributed by atoms with van der Waals surface area (Å²) in [6, 6.07) is 8.58. The van der Waals surface area contributed by atoms with Crippen LogP contribution in [0.4, 0.5) is 0 Å². The van der Waals surface area contributed by atoms with Gasteiger partial charge in [-0.3, -0.25) is 0 Å². The summed E-state index contributed by atoms with van der Waals surface area (Å²) < 4.78 is 5.87. The zero-order chi connectivity index (χ0) is 11.7. The molecule has 2 aliphatic rings. The molecule has 2 heterocycles. The topological polar surface area (TPSA) is 12.5 Å². The van der Waals surface area contributed by atoms with E-state index in [1.165, 1.54) is 38.0 Å². The first-order chi connectivity index (χ1) is 8.38. The first-order valence-corrected chi connectivity index (χ1v) is 6.82. The SMILES string of the molecule is CCCN1CC[C@H]2COc3ccccc3[C@H]2C1. The van der Waals surface area contributed by atoms with Crippen molar-refractivity contribution in [3.8, 4) is 5.75 Å². The average molecular weight is 231 g/mol. The van der Waals surface area contributed by atoms with Crippen LogP contribution in [0.25, 0.3) is 0 Å². The summed E-state index contributed by atoms with van der Waals surface area (Å²) in [4.78, 5) is 2.61. The van der Waals surface area contributed by atoms with Crippen LogP contribution in [0.5, 0.6) is 5.75 Å². The van der Waals surface area contributed by atoms with Crippen molar-refractivity contribution < 1.29 is 4.74 Å². The molecule has 2 heteroatoms. The van der Waals surface area contributed by atoms with Crippen LogP contribution < -0.4 is 4.74 Å². The Morgan fingerprint density at radius 2 is 2.24 bits per heavy atom. The average Bonchev–Trinajstić information content (AvgIpc) is 2.39. The molecule has 2 nitrogen and oxygen atoms in total. The van der Waals surface area contributed by atoms with E-state index in [0.717, 1.165) is 18.3 Å². The number of hydrogen-bond acceptors (Lipinski definition) is 2. The molecule has 1 aromatic carbocycles. The normalized spacial score (nSPS) is 28.1. The van der Waals surface area contributed by atoms with E-state index in [2.05, 4.69) is 36.1 Å². The van der Waals surface area contributed by atoms with Crippen molar-refractivity contribution >= 4 is 0 Å². The summed E-state index contributed by atoms with van der Waals surface area (Å²) in [5, 5.41) is 0. The van der Waals surface area contributed by atoms with Gasteiger partial charge in [0.1, 0.15) is 5.75 Å². The number of hydrogen-bond donors (Lipinski definition) is 0. The van der Waals surface area contributed by atoms with Gasteiger partial charge in [-0.05, 0) is 37.6 Å². The van der Waals surface area contributed by atoms with Gasteiger partial charge in [-0.2, -0.15) is 0 Å². The second-order valence-corrected chi connectivity index (χ2v) is 5.30. The van der Waals surface area contributed by atoms with Crippen molar-refractivity contribution in [1.29, 1.82) is 0 Å². The third-order valence-corrected chi connectivity index (χ3v) is 4.15. The summed E-state index contributed by atoms with van der Waals surface area (Å²) in [7, 11) is 0. The number of likely N-dealkylation sites (tertiary alicyclic amines) is 1. The van der Waals surface area contributed by atoms with Gasteiger partial charge in [0.25, 0.3) is 0 Å². The Morgan fingerprint density at radius 3 is 3.12 bits per heavy atom. The van der Waals surface area contributed by atoms with Crippen LogP contribution in [0.1, 0.15) is 31.2 Å². The molecular weight excluding hydrogens is 210 g/mol. The summed E-state index contributed by atoms with van der Waals surface area (Å²) in [6.07, 6.45) is 2.55. The molecule has 0 N–H and O–H groups in total. The lowest BCUT2D eigenvalue weighted by atomic mass is 9.79. The van der Waals surface area contributed by atoms with Gasteiger partial charge in [-0.1, -0.05) is 25.1 Å². The molecule has 17 heavy (non-hydrogen) atoms. The maximum atomic E-state index is 5.87. The predicted octanol–water partition coefficient (Wildman–Crippen LogP) is 2.89. The zero-order valence-electron chi connectivity index (χ0n) is 10.6. The number of para-hydroxylation sites is 1. The lowest BCUT2D eigenvalue weighted by Gasteiger charge is -2.41. The largest absolute Gasteiger partial charge is 0.493 e. The van der Waals surface area contributed by atoms with Gasteiger partial charge in [0.15, 0.2) is 0 Å². The first kappa shape index (κ1) is 11.1. The van der Waals surface area contributed by atoms with E-state index in [4.69, 9.17) is 4.74 Å². The van der Waals surface area contributed by atoms with Crippen molar-refractivity contribution in [3.05, 3.63) is 29.8 Å². The van der Waals surface area contributed by atoms with Crippen LogP contribution in [0, 0.1) is 5.92 Å². The summed E-state index contributed by atoms with van der Waals surface area (Å²) in [5.74, 6) is 2.55. The highest BCUT2D eigenvalue weighted by Gasteiger charge is 2.35. The van der Waals surface area contributed by atoms with Crippen LogP contribution in [-0.4, -0.2) is 31.1 Å². The molecule has 0 aromatic heterocycles. The maximum absolute atomic E-state index is 5.87. The smallest absolute Gasteiger partial charge is 0.122 e. The Bertz CT molecular complexity index is 390. The number of nitrogens with zero attached hydrogens (tertiary/aromatic N) is 1. The molecule has 0 saturated carbocycles. The van der Waals surface area contributed by atoms with Crippen LogP contribution in [0.15, 0.2) is 24.3 Å². The van der Waals surface area contributed by atoms with Gasteiger partial charge in [-0.15, -0.1) is 0 Å². The predicted molar refractivity (Wildman–Crippen MR) is 69.5 cm³/mol. The number of fused-ring (bicyclic) bond motifs is 3. The molecule has 0 amide bonds. The summed E-state index contributed by atoms with van der Waals surface area (Å²) in [5.41, 5.74) is 1.43. The first-order valence-electron chi connectivity index (χ1n) is 6.82. The highest BCUT2D eigenvalue weighted by atomic mass is 16.5. The fourth-order valence-electron chi connectivity index (χ4n) is 3.25. The minimum absolute atomic E-state index is 0.695. The maximum Gasteiger partial charge on any atom is 0.122 e. The standard InChI is InChI=1S/C15H21NO/c1-2-8-16-9-7-12-11-17-15-6-4-3-5-13(15)14(12)10-16/h3-6,12,14H,2,7-11H2,1H3/t12-,14-/m0/s1. The van der Waals surface area contributed by atoms with E-state index in [1.54, 1.807) is 0 Å². The zero-order valence-corrected chi connectivity index (χ0v) is 10.6. The van der Waals surface area contributed by atoms with Crippen LogP contribution in [-0.2, 0) is 0 Å². The monoisotopic (exact) mass is 231 g/mol. The molecule has 2 atom stereocenters. The summed E-state index contributed by atoms with van der Waals surface area (Å²) >= 11 is 0. The number of rotatable bonds is 2. The minimum atomic E-state index is 0.695. The lowest BCUT2D eigenvalue weighted by Crippen LogP contribution is -2.43. The number of benzene rings is 1. The van der Waals surface area contributed by atoms with Gasteiger partial charge < -0.3 is 9.64 Å². The Balaban J connectivity index is 1.83. The van der Waals surface area contributed by atoms with E-state index in [0.29, 0.717) is 5.92 Å². The quantitative estimate of drug-likeness (QED) is 0.776. The van der Waals surface area contributed by atoms with Gasteiger partial charge >= 0.3 is 0 Å². The van der Waals surface area contributed by atoms with Gasteiger partial charge in [0.05, 0.1) is 6.61 Å². The van der Waals surface area contributed by atoms with Crippen molar-refractivity contribution in [2.45, 2.75) is 25.7 Å². The molecule has 92 valence electrons. The molecule has 3 rings (SSSR count). The fraction of sp³-hybridized carbons (Fsp3) is 0.600. The molecule has 2 aliphatic heterocycles. The van der Waals surface area contributed by atoms with E-state index >= 15 is 0 Å². The Labute approximate surface area is 104 Å². The molecule has 1 saturated heterocycles. The van der Waals surface area contributed by atoms with Crippen LogP contribution in [0.2, 0.25) is 0 Å². The van der Waals surface area contributed by atoms with Gasteiger partial charge in [0.2, 0.25) is 0 Å². The minimum Gasteiger partial charge on any atom is -0.493 e. The van der Waals surface area contributed by atoms with Crippen molar-refractivity contribution in [3.63, 3.8) is 0 Å². The lowest BCUT2D eigenvalue weighted by molar-refractivity contribution is 0.0994. The molecule has 0 unspecified atom stereocenters. The second-order valence-electron chi connectivity index (χ2n) is 5.30. The van der Waals surface area contributed by atoms with Crippen molar-refractivity contribution in [2.75, 3.05) is 26.2 Å². The Hall–Kier alpha value is -1.02. The molecule has 1 fully saturated rings. The van der Waals surface area contributed by atoms with Gasteiger partial charge in [-0.25, -0.2) is 0 Å². The molecule has 0 bridgehead atoms. The van der Waals surface area contributed by atoms with E-state index in [1.807, 2.05) is 0 Å². The Morgan fingerprint density at radius 1 is 1.35 bits per heavy atom. The highest BCUT2D eigenvalue weighted by molar-refractivity contribution is 5.39. The van der Waals surface area contributed by atoms with Crippen LogP contribution >= 0.6 is 0 Å². The van der Waals surface area contributed by atoms with Crippen molar-refractivity contribution in [2.24, 2.45) is 5.92 Å². The third-order valence-electron chi connectivity index (χ3n) is 4.15. The van der Waals surface area contributed by atoms with E-state index in [9.17, 15) is 0 Å².